The van der Waals surface area contributed by atoms with Crippen LogP contribution in [0.3, 0.4) is 0 Å². The van der Waals surface area contributed by atoms with Crippen molar-refractivity contribution in [1.29, 1.82) is 0 Å². The first-order valence-corrected chi connectivity index (χ1v) is 6.73. The second-order valence-electron chi connectivity index (χ2n) is 6.65. The van der Waals surface area contributed by atoms with Gasteiger partial charge in [-0.05, 0) is 35.8 Å². The number of rotatable bonds is 3. The summed E-state index contributed by atoms with van der Waals surface area (Å²) in [6.45, 7) is 12.0. The maximum atomic E-state index is 6.18. The second kappa shape index (κ2) is 3.98. The molecule has 96 valence electrons. The smallest absolute Gasteiger partial charge is 0.225 e. The van der Waals surface area contributed by atoms with E-state index in [0.29, 0.717) is 16.6 Å². The highest BCUT2D eigenvalue weighted by atomic mass is 35.5. The van der Waals surface area contributed by atoms with Crippen LogP contribution in [0.5, 0.6) is 0 Å². The van der Waals surface area contributed by atoms with Crippen LogP contribution in [0, 0.1) is 11.3 Å². The van der Waals surface area contributed by atoms with Gasteiger partial charge in [0.2, 0.25) is 5.28 Å². The summed E-state index contributed by atoms with van der Waals surface area (Å²) in [5.41, 5.74) is 0.416. The van der Waals surface area contributed by atoms with E-state index in [-0.39, 0.29) is 5.41 Å². The first-order chi connectivity index (χ1) is 7.76. The summed E-state index contributed by atoms with van der Waals surface area (Å²) in [5.74, 6) is 1.68. The maximum Gasteiger partial charge on any atom is 0.225 e. The van der Waals surface area contributed by atoms with Crippen molar-refractivity contribution in [3.63, 3.8) is 0 Å². The molecule has 1 fully saturated rings. The molecule has 1 aromatic heterocycles. The highest BCUT2D eigenvalue weighted by Crippen LogP contribution is 2.53. The van der Waals surface area contributed by atoms with Gasteiger partial charge < -0.3 is 4.57 Å². The van der Waals surface area contributed by atoms with E-state index in [1.54, 1.807) is 0 Å². The van der Waals surface area contributed by atoms with Gasteiger partial charge in [-0.3, -0.25) is 0 Å². The number of aromatic nitrogens is 3. The van der Waals surface area contributed by atoms with E-state index >= 15 is 0 Å². The maximum absolute atomic E-state index is 6.18. The lowest BCUT2D eigenvalue weighted by molar-refractivity contribution is 0.298. The molecule has 0 saturated heterocycles. The van der Waals surface area contributed by atoms with Gasteiger partial charge >= 0.3 is 0 Å². The Morgan fingerprint density at radius 3 is 2.29 bits per heavy atom. The molecule has 17 heavy (non-hydrogen) atoms. The lowest BCUT2D eigenvalue weighted by Gasteiger charge is -2.25. The molecular formula is C13H22ClN3. The standard InChI is InChI=1S/C13H22ClN3/c1-9(2)13(6-7-13)8-17-10(12(3,4)5)15-16-11(17)14/h9H,6-8H2,1-5H3. The SMILES string of the molecule is CC(C)C1(Cn2c(Cl)nnc2C(C)(C)C)CC1. The fourth-order valence-corrected chi connectivity index (χ4v) is 2.55. The zero-order valence-corrected chi connectivity index (χ0v) is 12.2. The van der Waals surface area contributed by atoms with Crippen molar-refractivity contribution in [2.45, 2.75) is 59.4 Å². The van der Waals surface area contributed by atoms with E-state index in [9.17, 15) is 0 Å². The van der Waals surface area contributed by atoms with Gasteiger partial charge in [0.25, 0.3) is 0 Å². The minimum atomic E-state index is -0.00675. The molecule has 3 nitrogen and oxygen atoms in total. The summed E-state index contributed by atoms with van der Waals surface area (Å²) in [7, 11) is 0. The number of hydrogen-bond acceptors (Lipinski definition) is 2. The molecule has 1 aliphatic rings. The van der Waals surface area contributed by atoms with Gasteiger partial charge in [-0.15, -0.1) is 10.2 Å². The molecule has 0 amide bonds. The molecule has 0 spiro atoms. The molecule has 1 aromatic rings. The van der Waals surface area contributed by atoms with Gasteiger partial charge in [0.1, 0.15) is 5.82 Å². The Hall–Kier alpha value is -0.570. The van der Waals surface area contributed by atoms with E-state index in [1.807, 2.05) is 0 Å². The molecule has 1 saturated carbocycles. The summed E-state index contributed by atoms with van der Waals surface area (Å²) in [4.78, 5) is 0. The zero-order valence-electron chi connectivity index (χ0n) is 11.4. The van der Waals surface area contributed by atoms with Gasteiger partial charge in [0, 0.05) is 12.0 Å². The quantitative estimate of drug-likeness (QED) is 0.825. The highest BCUT2D eigenvalue weighted by Gasteiger charge is 2.46. The third-order valence-electron chi connectivity index (χ3n) is 3.97. The van der Waals surface area contributed by atoms with Crippen molar-refractivity contribution < 1.29 is 0 Å². The minimum absolute atomic E-state index is 0.00675. The van der Waals surface area contributed by atoms with Gasteiger partial charge in [-0.2, -0.15) is 0 Å². The molecule has 0 unspecified atom stereocenters. The van der Waals surface area contributed by atoms with Crippen LogP contribution in [0.4, 0.5) is 0 Å². The zero-order chi connectivity index (χ0) is 12.8. The Bertz CT molecular complexity index is 411. The van der Waals surface area contributed by atoms with Crippen LogP contribution in [-0.4, -0.2) is 14.8 Å². The summed E-state index contributed by atoms with van der Waals surface area (Å²) in [6, 6.07) is 0. The van der Waals surface area contributed by atoms with Crippen molar-refractivity contribution in [3.8, 4) is 0 Å². The first-order valence-electron chi connectivity index (χ1n) is 6.35. The number of nitrogens with zero attached hydrogens (tertiary/aromatic N) is 3. The van der Waals surface area contributed by atoms with E-state index in [2.05, 4.69) is 49.4 Å². The van der Waals surface area contributed by atoms with Gasteiger partial charge in [0.15, 0.2) is 0 Å². The highest BCUT2D eigenvalue weighted by molar-refractivity contribution is 6.28. The van der Waals surface area contributed by atoms with Crippen LogP contribution < -0.4 is 0 Å². The van der Waals surface area contributed by atoms with Crippen molar-refractivity contribution in [1.82, 2.24) is 14.8 Å². The monoisotopic (exact) mass is 255 g/mol. The minimum Gasteiger partial charge on any atom is -0.301 e. The molecule has 4 heteroatoms. The summed E-state index contributed by atoms with van der Waals surface area (Å²) >= 11 is 6.18. The fraction of sp³-hybridized carbons (Fsp3) is 0.846. The van der Waals surface area contributed by atoms with Crippen LogP contribution >= 0.6 is 11.6 Å². The normalized spacial score (nSPS) is 18.8. The molecular weight excluding hydrogens is 234 g/mol. The third-order valence-corrected chi connectivity index (χ3v) is 4.25. The van der Waals surface area contributed by atoms with E-state index in [0.717, 1.165) is 12.4 Å². The lowest BCUT2D eigenvalue weighted by Crippen LogP contribution is -2.24. The van der Waals surface area contributed by atoms with Crippen molar-refractivity contribution in [2.24, 2.45) is 11.3 Å². The van der Waals surface area contributed by atoms with Crippen LogP contribution in [0.25, 0.3) is 0 Å². The molecule has 0 atom stereocenters. The molecule has 0 bridgehead atoms. The average Bonchev–Trinajstić information content (AvgIpc) is 2.86. The number of hydrogen-bond donors (Lipinski definition) is 0. The number of halogens is 1. The Kier molecular flexibility index (Phi) is 3.01. The van der Waals surface area contributed by atoms with Crippen molar-refractivity contribution in [2.75, 3.05) is 0 Å². The average molecular weight is 256 g/mol. The van der Waals surface area contributed by atoms with Crippen molar-refractivity contribution in [3.05, 3.63) is 11.1 Å². The Morgan fingerprint density at radius 1 is 1.29 bits per heavy atom. The van der Waals surface area contributed by atoms with Crippen molar-refractivity contribution >= 4 is 11.6 Å². The van der Waals surface area contributed by atoms with Gasteiger partial charge in [-0.1, -0.05) is 34.6 Å². The summed E-state index contributed by atoms with van der Waals surface area (Å²) in [5, 5.41) is 8.80. The molecule has 0 aliphatic heterocycles. The molecule has 1 aliphatic carbocycles. The largest absolute Gasteiger partial charge is 0.301 e. The molecule has 0 N–H and O–H groups in total. The van der Waals surface area contributed by atoms with Crippen LogP contribution in [0.1, 0.15) is 53.3 Å². The van der Waals surface area contributed by atoms with Gasteiger partial charge in [-0.25, -0.2) is 0 Å². The van der Waals surface area contributed by atoms with Gasteiger partial charge in [0.05, 0.1) is 0 Å². The molecule has 1 heterocycles. The Morgan fingerprint density at radius 2 is 1.88 bits per heavy atom. The topological polar surface area (TPSA) is 30.7 Å². The Balaban J connectivity index is 2.30. The fourth-order valence-electron chi connectivity index (χ4n) is 2.37. The van der Waals surface area contributed by atoms with Crippen LogP contribution in [0.2, 0.25) is 5.28 Å². The lowest BCUT2D eigenvalue weighted by atomic mass is 9.91. The summed E-state index contributed by atoms with van der Waals surface area (Å²) < 4.78 is 2.11. The Labute approximate surface area is 109 Å². The molecule has 0 aromatic carbocycles. The second-order valence-corrected chi connectivity index (χ2v) is 6.98. The van der Waals surface area contributed by atoms with Crippen LogP contribution in [-0.2, 0) is 12.0 Å². The predicted molar refractivity (Wildman–Crippen MR) is 70.2 cm³/mol. The third kappa shape index (κ3) is 2.35. The van der Waals surface area contributed by atoms with E-state index < -0.39 is 0 Å². The van der Waals surface area contributed by atoms with Crippen LogP contribution in [0.15, 0.2) is 0 Å². The van der Waals surface area contributed by atoms with E-state index in [4.69, 9.17) is 11.6 Å². The summed E-state index contributed by atoms with van der Waals surface area (Å²) in [6.07, 6.45) is 2.59. The molecule has 2 rings (SSSR count). The first kappa shape index (κ1) is 12.9. The molecule has 0 radical (unpaired) electrons. The predicted octanol–water partition coefficient (Wildman–Crippen LogP) is 3.67. The van der Waals surface area contributed by atoms with E-state index in [1.165, 1.54) is 12.8 Å².